The molecule has 3 aromatic rings. The molecule has 0 aliphatic carbocycles. The van der Waals surface area contributed by atoms with Crippen LogP contribution in [0.15, 0.2) is 41.1 Å². The number of aromatic amines is 1. The standard InChI is InChI=1S/C15H10BrClFN5O/c16-11-5-4-9(13(19)23-11)22-15(24)10-6-20-14(21-10)12-7(17)2-1-3-8(12)18/h1-6H,(H2,19,23)(H,20,21)(H,22,24). The van der Waals surface area contributed by atoms with Gasteiger partial charge >= 0.3 is 0 Å². The Kier molecular flexibility index (Phi) is 4.50. The lowest BCUT2D eigenvalue weighted by molar-refractivity contribution is 0.102. The van der Waals surface area contributed by atoms with Crippen LogP contribution in [0.2, 0.25) is 5.02 Å². The molecular formula is C15H10BrClFN5O. The van der Waals surface area contributed by atoms with Crippen LogP contribution in [-0.2, 0) is 0 Å². The van der Waals surface area contributed by atoms with Crippen molar-refractivity contribution in [1.29, 1.82) is 0 Å². The molecule has 0 unspecified atom stereocenters. The molecule has 24 heavy (non-hydrogen) atoms. The highest BCUT2D eigenvalue weighted by molar-refractivity contribution is 9.10. The number of nitrogens with zero attached hydrogens (tertiary/aromatic N) is 2. The van der Waals surface area contributed by atoms with Gasteiger partial charge in [0.1, 0.15) is 27.8 Å². The van der Waals surface area contributed by atoms with E-state index in [1.54, 1.807) is 12.1 Å². The summed E-state index contributed by atoms with van der Waals surface area (Å²) >= 11 is 9.17. The number of hydrogen-bond donors (Lipinski definition) is 3. The number of rotatable bonds is 3. The maximum absolute atomic E-state index is 13.9. The fourth-order valence-corrected chi connectivity index (χ4v) is 2.61. The lowest BCUT2D eigenvalue weighted by Crippen LogP contribution is -2.14. The number of nitrogen functional groups attached to an aromatic ring is 1. The van der Waals surface area contributed by atoms with E-state index in [4.69, 9.17) is 17.3 Å². The first-order valence-electron chi connectivity index (χ1n) is 6.68. The number of nitrogens with two attached hydrogens (primary N) is 1. The molecule has 0 aliphatic heterocycles. The molecule has 0 saturated heterocycles. The minimum Gasteiger partial charge on any atom is -0.382 e. The van der Waals surface area contributed by atoms with Gasteiger partial charge in [0.05, 0.1) is 22.5 Å². The predicted octanol–water partition coefficient (Wildman–Crippen LogP) is 3.86. The highest BCUT2D eigenvalue weighted by Crippen LogP contribution is 2.28. The monoisotopic (exact) mass is 409 g/mol. The molecule has 1 aromatic carbocycles. The number of hydrogen-bond acceptors (Lipinski definition) is 4. The number of aromatic nitrogens is 3. The Morgan fingerprint density at radius 1 is 1.33 bits per heavy atom. The summed E-state index contributed by atoms with van der Waals surface area (Å²) in [5.41, 5.74) is 6.32. The quantitative estimate of drug-likeness (QED) is 0.571. The topological polar surface area (TPSA) is 96.7 Å². The number of carbonyl (C=O) groups is 1. The van der Waals surface area contributed by atoms with Crippen LogP contribution in [0.5, 0.6) is 0 Å². The van der Waals surface area contributed by atoms with Crippen LogP contribution < -0.4 is 11.1 Å². The molecule has 122 valence electrons. The SMILES string of the molecule is Nc1nc(Br)ccc1NC(=O)c1cnc(-c2c(F)cccc2Cl)[nH]1. The van der Waals surface area contributed by atoms with E-state index in [0.717, 1.165) is 0 Å². The van der Waals surface area contributed by atoms with Gasteiger partial charge < -0.3 is 16.0 Å². The Morgan fingerprint density at radius 2 is 2.12 bits per heavy atom. The van der Waals surface area contributed by atoms with Crippen molar-refractivity contribution < 1.29 is 9.18 Å². The second-order valence-corrected chi connectivity index (χ2v) is 5.98. The number of benzene rings is 1. The van der Waals surface area contributed by atoms with E-state index >= 15 is 0 Å². The average Bonchev–Trinajstić information content (AvgIpc) is 2.99. The summed E-state index contributed by atoms with van der Waals surface area (Å²) < 4.78 is 14.5. The lowest BCUT2D eigenvalue weighted by Gasteiger charge is -2.06. The van der Waals surface area contributed by atoms with Gasteiger partial charge in [0, 0.05) is 0 Å². The molecule has 0 bridgehead atoms. The van der Waals surface area contributed by atoms with Crippen LogP contribution in [0.4, 0.5) is 15.9 Å². The molecule has 0 saturated carbocycles. The van der Waals surface area contributed by atoms with Crippen LogP contribution in [0.25, 0.3) is 11.4 Å². The van der Waals surface area contributed by atoms with Crippen molar-refractivity contribution in [2.45, 2.75) is 0 Å². The first-order chi connectivity index (χ1) is 11.5. The van der Waals surface area contributed by atoms with Gasteiger partial charge in [-0.2, -0.15) is 0 Å². The summed E-state index contributed by atoms with van der Waals surface area (Å²) in [6, 6.07) is 7.54. The molecule has 9 heteroatoms. The number of nitrogens with one attached hydrogen (secondary N) is 2. The van der Waals surface area contributed by atoms with E-state index in [1.165, 1.54) is 24.4 Å². The van der Waals surface area contributed by atoms with E-state index in [0.29, 0.717) is 10.3 Å². The molecule has 6 nitrogen and oxygen atoms in total. The maximum Gasteiger partial charge on any atom is 0.273 e. The predicted molar refractivity (Wildman–Crippen MR) is 93.3 cm³/mol. The molecule has 2 aromatic heterocycles. The van der Waals surface area contributed by atoms with Gasteiger partial charge in [0.15, 0.2) is 0 Å². The molecule has 4 N–H and O–H groups in total. The second kappa shape index (κ2) is 6.58. The van der Waals surface area contributed by atoms with Crippen molar-refractivity contribution in [2.24, 2.45) is 0 Å². The zero-order valence-corrected chi connectivity index (χ0v) is 14.3. The number of H-pyrrole nitrogens is 1. The first kappa shape index (κ1) is 16.4. The third-order valence-corrected chi connectivity index (χ3v) is 3.92. The number of anilines is 2. The van der Waals surface area contributed by atoms with Gasteiger partial charge in [-0.1, -0.05) is 17.7 Å². The zero-order valence-electron chi connectivity index (χ0n) is 12.0. The van der Waals surface area contributed by atoms with Crippen molar-refractivity contribution in [2.75, 3.05) is 11.1 Å². The number of imidazole rings is 1. The number of amides is 1. The van der Waals surface area contributed by atoms with Gasteiger partial charge in [0.25, 0.3) is 5.91 Å². The summed E-state index contributed by atoms with van der Waals surface area (Å²) in [6.45, 7) is 0. The van der Waals surface area contributed by atoms with Gasteiger partial charge in [-0.05, 0) is 40.2 Å². The minimum atomic E-state index is -0.537. The van der Waals surface area contributed by atoms with Gasteiger partial charge in [-0.25, -0.2) is 14.4 Å². The third kappa shape index (κ3) is 3.24. The Balaban J connectivity index is 1.86. The van der Waals surface area contributed by atoms with Crippen LogP contribution in [-0.4, -0.2) is 20.9 Å². The average molecular weight is 411 g/mol. The number of halogens is 3. The largest absolute Gasteiger partial charge is 0.382 e. The highest BCUT2D eigenvalue weighted by Gasteiger charge is 2.16. The van der Waals surface area contributed by atoms with Crippen molar-refractivity contribution >= 4 is 44.9 Å². The van der Waals surface area contributed by atoms with Crippen LogP contribution in [0.3, 0.4) is 0 Å². The van der Waals surface area contributed by atoms with Crippen LogP contribution >= 0.6 is 27.5 Å². The second-order valence-electron chi connectivity index (χ2n) is 4.76. The Morgan fingerprint density at radius 3 is 2.83 bits per heavy atom. The fourth-order valence-electron chi connectivity index (χ4n) is 2.03. The third-order valence-electron chi connectivity index (χ3n) is 3.16. The van der Waals surface area contributed by atoms with Crippen molar-refractivity contribution in [3.63, 3.8) is 0 Å². The molecule has 2 heterocycles. The Hall–Kier alpha value is -2.45. The van der Waals surface area contributed by atoms with Gasteiger partial charge in [0.2, 0.25) is 0 Å². The van der Waals surface area contributed by atoms with Crippen molar-refractivity contribution in [3.8, 4) is 11.4 Å². The summed E-state index contributed by atoms with van der Waals surface area (Å²) in [5, 5.41) is 2.79. The summed E-state index contributed by atoms with van der Waals surface area (Å²) in [4.78, 5) is 23.0. The first-order valence-corrected chi connectivity index (χ1v) is 7.85. The summed E-state index contributed by atoms with van der Waals surface area (Å²) in [6.07, 6.45) is 1.29. The van der Waals surface area contributed by atoms with Gasteiger partial charge in [-0.15, -0.1) is 0 Å². The molecule has 0 fully saturated rings. The van der Waals surface area contributed by atoms with E-state index < -0.39 is 11.7 Å². The maximum atomic E-state index is 13.9. The van der Waals surface area contributed by atoms with E-state index in [1.807, 2.05) is 0 Å². The molecule has 1 amide bonds. The number of carbonyl (C=O) groups excluding carboxylic acids is 1. The van der Waals surface area contributed by atoms with Crippen molar-refractivity contribution in [3.05, 3.63) is 57.7 Å². The van der Waals surface area contributed by atoms with Gasteiger partial charge in [-0.3, -0.25) is 4.79 Å². The molecule has 0 aliphatic rings. The normalized spacial score (nSPS) is 10.6. The Bertz CT molecular complexity index is 910. The molecule has 0 radical (unpaired) electrons. The van der Waals surface area contributed by atoms with Crippen LogP contribution in [0.1, 0.15) is 10.5 Å². The highest BCUT2D eigenvalue weighted by atomic mass is 79.9. The van der Waals surface area contributed by atoms with E-state index in [-0.39, 0.29) is 27.9 Å². The Labute approximate surface area is 149 Å². The van der Waals surface area contributed by atoms with Crippen LogP contribution in [0, 0.1) is 5.82 Å². The molecule has 0 spiro atoms. The summed E-state index contributed by atoms with van der Waals surface area (Å²) in [5.74, 6) is -0.707. The van der Waals surface area contributed by atoms with E-state index in [2.05, 4.69) is 36.2 Å². The lowest BCUT2D eigenvalue weighted by atomic mass is 10.2. The molecular weight excluding hydrogens is 401 g/mol. The smallest absolute Gasteiger partial charge is 0.273 e. The van der Waals surface area contributed by atoms with E-state index in [9.17, 15) is 9.18 Å². The molecule has 3 rings (SSSR count). The fraction of sp³-hybridized carbons (Fsp3) is 0. The van der Waals surface area contributed by atoms with Crippen molar-refractivity contribution in [1.82, 2.24) is 15.0 Å². The molecule has 0 atom stereocenters. The number of pyridine rings is 1. The zero-order chi connectivity index (χ0) is 17.3. The summed E-state index contributed by atoms with van der Waals surface area (Å²) in [7, 11) is 0. The minimum absolute atomic E-state index is 0.100.